The Labute approximate surface area is 100 Å². The van der Waals surface area contributed by atoms with Crippen LogP contribution in [0.4, 0.5) is 0 Å². The van der Waals surface area contributed by atoms with Crippen molar-refractivity contribution in [2.45, 2.75) is 38.5 Å². The van der Waals surface area contributed by atoms with Crippen molar-refractivity contribution < 1.29 is 4.52 Å². The van der Waals surface area contributed by atoms with Crippen LogP contribution in [0.2, 0.25) is 0 Å². The van der Waals surface area contributed by atoms with Gasteiger partial charge >= 0.3 is 5.76 Å². The number of nitrogens with one attached hydrogen (secondary N) is 1. The highest BCUT2D eigenvalue weighted by Crippen LogP contribution is 2.37. The summed E-state index contributed by atoms with van der Waals surface area (Å²) in [5.74, 6) is 0.153. The quantitative estimate of drug-likeness (QED) is 0.842. The first kappa shape index (κ1) is 13.3. The van der Waals surface area contributed by atoms with E-state index in [1.54, 1.807) is 0 Å². The van der Waals surface area contributed by atoms with Crippen molar-refractivity contribution in [3.05, 3.63) is 16.4 Å². The van der Waals surface area contributed by atoms with Gasteiger partial charge in [-0.15, -0.1) is 12.4 Å². The van der Waals surface area contributed by atoms with Crippen LogP contribution in [0.25, 0.3) is 0 Å². The number of aromatic amines is 1. The second-order valence-electron chi connectivity index (χ2n) is 4.48. The molecule has 0 unspecified atom stereocenters. The van der Waals surface area contributed by atoms with Gasteiger partial charge in [0.05, 0.1) is 0 Å². The molecule has 16 heavy (non-hydrogen) atoms. The molecule has 0 radical (unpaired) electrons. The lowest BCUT2D eigenvalue weighted by atomic mass is 9.72. The summed E-state index contributed by atoms with van der Waals surface area (Å²) >= 11 is 0. The number of rotatable bonds is 3. The van der Waals surface area contributed by atoms with E-state index in [1.165, 1.54) is 19.3 Å². The van der Waals surface area contributed by atoms with E-state index in [9.17, 15) is 4.79 Å². The zero-order valence-corrected chi connectivity index (χ0v) is 10.0. The molecule has 1 heterocycles. The Bertz CT molecular complexity index is 368. The van der Waals surface area contributed by atoms with Crippen LogP contribution >= 0.6 is 12.4 Å². The van der Waals surface area contributed by atoms with Gasteiger partial charge in [-0.3, -0.25) is 9.51 Å². The maximum absolute atomic E-state index is 10.8. The average Bonchev–Trinajstić information content (AvgIpc) is 2.65. The number of nitrogens with zero attached hydrogens (tertiary/aromatic N) is 1. The highest BCUT2D eigenvalue weighted by atomic mass is 35.5. The summed E-state index contributed by atoms with van der Waals surface area (Å²) in [6.45, 7) is 0.655. The van der Waals surface area contributed by atoms with Gasteiger partial charge in [0.25, 0.3) is 0 Å². The van der Waals surface area contributed by atoms with Gasteiger partial charge in [0.15, 0.2) is 5.82 Å². The van der Waals surface area contributed by atoms with Gasteiger partial charge in [-0.1, -0.05) is 24.4 Å². The van der Waals surface area contributed by atoms with E-state index in [-0.39, 0.29) is 17.8 Å². The van der Waals surface area contributed by atoms with Gasteiger partial charge in [0.2, 0.25) is 0 Å². The lowest BCUT2D eigenvalue weighted by Gasteiger charge is -2.35. The Balaban J connectivity index is 0.00000128. The molecule has 1 aromatic rings. The van der Waals surface area contributed by atoms with Crippen LogP contribution in [-0.4, -0.2) is 16.7 Å². The van der Waals surface area contributed by atoms with Crippen molar-refractivity contribution >= 4 is 12.4 Å². The Morgan fingerprint density at radius 3 is 2.56 bits per heavy atom. The van der Waals surface area contributed by atoms with E-state index in [2.05, 4.69) is 14.7 Å². The first-order chi connectivity index (χ1) is 7.24. The predicted octanol–water partition coefficient (Wildman–Crippen LogP) is 1.24. The molecule has 1 aliphatic carbocycles. The molecule has 2 rings (SSSR count). The first-order valence-corrected chi connectivity index (χ1v) is 5.49. The zero-order valence-electron chi connectivity index (χ0n) is 9.20. The molecule has 3 N–H and O–H groups in total. The summed E-state index contributed by atoms with van der Waals surface area (Å²) < 4.78 is 4.49. The molecule has 92 valence electrons. The van der Waals surface area contributed by atoms with Crippen LogP contribution in [0.5, 0.6) is 0 Å². The molecule has 5 nitrogen and oxygen atoms in total. The van der Waals surface area contributed by atoms with Gasteiger partial charge in [0, 0.05) is 6.42 Å². The normalized spacial score (nSPS) is 19.1. The van der Waals surface area contributed by atoms with E-state index >= 15 is 0 Å². The molecule has 0 atom stereocenters. The fourth-order valence-corrected chi connectivity index (χ4v) is 2.45. The molecule has 1 saturated carbocycles. The summed E-state index contributed by atoms with van der Waals surface area (Å²) in [5.41, 5.74) is 5.97. The highest BCUT2D eigenvalue weighted by Gasteiger charge is 2.32. The molecular formula is C10H18ClN3O2. The third kappa shape index (κ3) is 2.86. The van der Waals surface area contributed by atoms with Crippen molar-refractivity contribution in [2.24, 2.45) is 11.1 Å². The van der Waals surface area contributed by atoms with Crippen molar-refractivity contribution in [3.8, 4) is 0 Å². The molecule has 0 bridgehead atoms. The second-order valence-corrected chi connectivity index (χ2v) is 4.48. The fraction of sp³-hybridized carbons (Fsp3) is 0.800. The van der Waals surface area contributed by atoms with Gasteiger partial charge in [-0.05, 0) is 24.8 Å². The summed E-state index contributed by atoms with van der Waals surface area (Å²) in [5, 5.41) is 3.70. The number of hydrogen-bond acceptors (Lipinski definition) is 4. The number of H-pyrrole nitrogens is 1. The van der Waals surface area contributed by atoms with Gasteiger partial charge in [-0.25, -0.2) is 4.79 Å². The van der Waals surface area contributed by atoms with Crippen molar-refractivity contribution in [1.29, 1.82) is 0 Å². The number of nitrogens with two attached hydrogens (primary N) is 1. The van der Waals surface area contributed by atoms with Crippen LogP contribution in [-0.2, 0) is 6.42 Å². The maximum Gasteiger partial charge on any atom is 0.438 e. The molecule has 0 aliphatic heterocycles. The lowest BCUT2D eigenvalue weighted by Crippen LogP contribution is -2.35. The van der Waals surface area contributed by atoms with E-state index in [1.807, 2.05) is 0 Å². The Morgan fingerprint density at radius 1 is 1.38 bits per heavy atom. The molecule has 1 aliphatic rings. The van der Waals surface area contributed by atoms with Crippen molar-refractivity contribution in [1.82, 2.24) is 10.1 Å². The van der Waals surface area contributed by atoms with E-state index in [4.69, 9.17) is 5.73 Å². The van der Waals surface area contributed by atoms with E-state index in [0.29, 0.717) is 12.4 Å². The third-order valence-electron chi connectivity index (χ3n) is 3.37. The molecule has 0 amide bonds. The molecule has 0 saturated heterocycles. The molecule has 6 heteroatoms. The van der Waals surface area contributed by atoms with E-state index < -0.39 is 5.76 Å². The summed E-state index contributed by atoms with van der Waals surface area (Å²) in [4.78, 5) is 13.4. The lowest BCUT2D eigenvalue weighted by molar-refractivity contribution is 0.191. The number of aromatic nitrogens is 2. The molecular weight excluding hydrogens is 230 g/mol. The highest BCUT2D eigenvalue weighted by molar-refractivity contribution is 5.85. The summed E-state index contributed by atoms with van der Waals surface area (Å²) in [6, 6.07) is 0. The SMILES string of the molecule is Cl.NCC1(Cc2noc(=O)[nH]2)CCCCC1. The third-order valence-corrected chi connectivity index (χ3v) is 3.37. The van der Waals surface area contributed by atoms with Gasteiger partial charge in [0.1, 0.15) is 0 Å². The number of hydrogen-bond donors (Lipinski definition) is 2. The minimum atomic E-state index is -0.479. The number of halogens is 1. The largest absolute Gasteiger partial charge is 0.438 e. The van der Waals surface area contributed by atoms with Crippen LogP contribution in [0.3, 0.4) is 0 Å². The Kier molecular flexibility index (Phi) is 4.56. The standard InChI is InChI=1S/C10H17N3O2.ClH/c11-7-10(4-2-1-3-5-10)6-8-12-9(14)15-13-8;/h1-7,11H2,(H,12,13,14);1H. The molecule has 0 spiro atoms. The van der Waals surface area contributed by atoms with Crippen LogP contribution in [0.15, 0.2) is 9.32 Å². The topological polar surface area (TPSA) is 84.9 Å². The Morgan fingerprint density at radius 2 is 2.06 bits per heavy atom. The summed E-state index contributed by atoms with van der Waals surface area (Å²) in [7, 11) is 0. The van der Waals surface area contributed by atoms with Crippen LogP contribution in [0, 0.1) is 5.41 Å². The van der Waals surface area contributed by atoms with E-state index in [0.717, 1.165) is 19.3 Å². The van der Waals surface area contributed by atoms with Gasteiger partial charge < -0.3 is 5.73 Å². The minimum Gasteiger partial charge on any atom is -0.330 e. The molecule has 1 aromatic heterocycles. The predicted molar refractivity (Wildman–Crippen MR) is 62.6 cm³/mol. The average molecular weight is 248 g/mol. The molecule has 1 fully saturated rings. The van der Waals surface area contributed by atoms with Crippen LogP contribution < -0.4 is 11.5 Å². The van der Waals surface area contributed by atoms with Crippen LogP contribution in [0.1, 0.15) is 37.9 Å². The minimum absolute atomic E-state index is 0. The van der Waals surface area contributed by atoms with Crippen molar-refractivity contribution in [3.63, 3.8) is 0 Å². The molecule has 0 aromatic carbocycles. The zero-order chi connectivity index (χ0) is 10.7. The smallest absolute Gasteiger partial charge is 0.330 e. The van der Waals surface area contributed by atoms with Gasteiger partial charge in [-0.2, -0.15) is 0 Å². The Hall–Kier alpha value is -0.810. The first-order valence-electron chi connectivity index (χ1n) is 5.49. The monoisotopic (exact) mass is 247 g/mol. The second kappa shape index (κ2) is 5.50. The fourth-order valence-electron chi connectivity index (χ4n) is 2.45. The van der Waals surface area contributed by atoms with Crippen molar-refractivity contribution in [2.75, 3.05) is 6.54 Å². The maximum atomic E-state index is 10.8. The summed E-state index contributed by atoms with van der Waals surface area (Å²) in [6.07, 6.45) is 6.71.